The van der Waals surface area contributed by atoms with Crippen molar-refractivity contribution in [2.24, 2.45) is 0 Å². The molecular formula is C37H34N3O3+. The Morgan fingerprint density at radius 2 is 1.35 bits per heavy atom. The number of benzene rings is 4. The number of nitrogens with one attached hydrogen (secondary N) is 1. The van der Waals surface area contributed by atoms with E-state index in [-0.39, 0.29) is 12.5 Å². The van der Waals surface area contributed by atoms with Crippen LogP contribution in [-0.2, 0) is 29.0 Å². The van der Waals surface area contributed by atoms with Crippen LogP contribution in [0.15, 0.2) is 128 Å². The first-order valence-electron chi connectivity index (χ1n) is 14.6. The molecule has 4 aromatic carbocycles. The molecule has 1 amide bonds. The van der Waals surface area contributed by atoms with Crippen molar-refractivity contribution in [1.82, 2.24) is 9.88 Å². The Bertz CT molecular complexity index is 1870. The van der Waals surface area contributed by atoms with Gasteiger partial charge in [0.2, 0.25) is 0 Å². The Morgan fingerprint density at radius 3 is 2.02 bits per heavy atom. The number of esters is 1. The van der Waals surface area contributed by atoms with Crippen LogP contribution in [0.1, 0.15) is 34.1 Å². The molecule has 2 heterocycles. The molecule has 0 radical (unpaired) electrons. The number of carbonyl (C=O) groups excluding carboxylic acids is 2. The molecule has 0 aliphatic heterocycles. The van der Waals surface area contributed by atoms with Gasteiger partial charge in [-0.25, -0.2) is 4.79 Å². The summed E-state index contributed by atoms with van der Waals surface area (Å²) < 4.78 is 9.65. The number of para-hydroxylation sites is 1. The normalized spacial score (nSPS) is 11.8. The molecule has 6 nitrogen and oxygen atoms in total. The lowest BCUT2D eigenvalue weighted by atomic mass is 10.1. The van der Waals surface area contributed by atoms with Crippen LogP contribution in [0.5, 0.6) is 0 Å². The van der Waals surface area contributed by atoms with Crippen LogP contribution in [0, 0.1) is 0 Å². The van der Waals surface area contributed by atoms with E-state index in [0.717, 1.165) is 32.9 Å². The summed E-state index contributed by atoms with van der Waals surface area (Å²) in [6.07, 6.45) is 2.40. The van der Waals surface area contributed by atoms with Gasteiger partial charge in [-0.15, -0.1) is 0 Å². The van der Waals surface area contributed by atoms with Crippen molar-refractivity contribution in [2.45, 2.75) is 32.5 Å². The smallest absolute Gasteiger partial charge is 0.328 e. The fourth-order valence-electron chi connectivity index (χ4n) is 5.64. The summed E-state index contributed by atoms with van der Waals surface area (Å²) in [5, 5.41) is 5.06. The maximum absolute atomic E-state index is 14.1. The minimum absolute atomic E-state index is 0.237. The summed E-state index contributed by atoms with van der Waals surface area (Å²) in [7, 11) is 0. The summed E-state index contributed by atoms with van der Waals surface area (Å²) in [6, 6.07) is 39.5. The number of carbonyl (C=O) groups is 2. The number of fused-ring (bicyclic) bond motifs is 3. The Kier molecular flexibility index (Phi) is 8.27. The first kappa shape index (κ1) is 27.9. The molecule has 6 rings (SSSR count). The van der Waals surface area contributed by atoms with Crippen molar-refractivity contribution in [3.05, 3.63) is 150 Å². The van der Waals surface area contributed by atoms with Gasteiger partial charge in [0, 0.05) is 40.9 Å². The van der Waals surface area contributed by atoms with E-state index in [9.17, 15) is 9.59 Å². The van der Waals surface area contributed by atoms with Gasteiger partial charge < -0.3 is 14.6 Å². The number of hydrogen-bond acceptors (Lipinski definition) is 3. The van der Waals surface area contributed by atoms with E-state index in [0.29, 0.717) is 25.2 Å². The summed E-state index contributed by atoms with van der Waals surface area (Å²) >= 11 is 0. The second-order valence-corrected chi connectivity index (χ2v) is 10.6. The largest absolute Gasteiger partial charge is 0.464 e. The average molecular weight is 569 g/mol. The molecule has 0 aliphatic rings. The summed E-state index contributed by atoms with van der Waals surface area (Å²) in [5.74, 6) is -0.776. The predicted octanol–water partition coefficient (Wildman–Crippen LogP) is 6.08. The van der Waals surface area contributed by atoms with Crippen molar-refractivity contribution in [3.8, 4) is 0 Å². The zero-order valence-corrected chi connectivity index (χ0v) is 24.1. The van der Waals surface area contributed by atoms with Crippen LogP contribution in [0.25, 0.3) is 21.8 Å². The van der Waals surface area contributed by atoms with E-state index < -0.39 is 12.0 Å². The molecule has 0 bridgehead atoms. The highest BCUT2D eigenvalue weighted by atomic mass is 16.5. The van der Waals surface area contributed by atoms with E-state index in [4.69, 9.17) is 4.74 Å². The molecule has 0 saturated heterocycles. The number of ether oxygens (including phenoxy) is 1. The monoisotopic (exact) mass is 568 g/mol. The molecular weight excluding hydrogens is 534 g/mol. The second-order valence-electron chi connectivity index (χ2n) is 10.6. The zero-order chi connectivity index (χ0) is 29.6. The van der Waals surface area contributed by atoms with Crippen LogP contribution in [0.4, 0.5) is 0 Å². The highest BCUT2D eigenvalue weighted by Gasteiger charge is 2.29. The van der Waals surface area contributed by atoms with Crippen LogP contribution >= 0.6 is 0 Å². The van der Waals surface area contributed by atoms with Crippen LogP contribution in [0.3, 0.4) is 0 Å². The minimum Gasteiger partial charge on any atom is -0.464 e. The predicted molar refractivity (Wildman–Crippen MR) is 169 cm³/mol. The third-order valence-corrected chi connectivity index (χ3v) is 7.69. The maximum atomic E-state index is 14.1. The van der Waals surface area contributed by atoms with E-state index in [2.05, 4.69) is 64.6 Å². The van der Waals surface area contributed by atoms with Gasteiger partial charge in [-0.3, -0.25) is 4.79 Å². The number of nitrogens with zero attached hydrogens (tertiary/aromatic N) is 2. The van der Waals surface area contributed by atoms with Crippen LogP contribution < -0.4 is 9.88 Å². The maximum Gasteiger partial charge on any atom is 0.328 e. The fraction of sp³-hybridized carbons (Fsp3) is 0.162. The van der Waals surface area contributed by atoms with Crippen molar-refractivity contribution < 1.29 is 18.9 Å². The van der Waals surface area contributed by atoms with Crippen LogP contribution in [-0.4, -0.2) is 29.1 Å². The molecule has 1 atom stereocenters. The topological polar surface area (TPSA) is 64.2 Å². The molecule has 2 aromatic heterocycles. The molecule has 1 N–H and O–H groups in total. The fourth-order valence-corrected chi connectivity index (χ4v) is 5.64. The first-order valence-corrected chi connectivity index (χ1v) is 14.6. The molecule has 6 heteroatoms. The van der Waals surface area contributed by atoms with Gasteiger partial charge >= 0.3 is 11.9 Å². The number of pyridine rings is 1. The van der Waals surface area contributed by atoms with Gasteiger partial charge in [0.1, 0.15) is 11.6 Å². The van der Waals surface area contributed by atoms with Gasteiger partial charge in [0.15, 0.2) is 12.7 Å². The SMILES string of the molecule is CCOC(=O)[C@H](Cc1ccccc1)NC(=O)c1cc2c3ccccc3n(Cc3ccccc3)c2c[n+]1Cc1ccccc1. The Morgan fingerprint density at radius 1 is 0.744 bits per heavy atom. The van der Waals surface area contributed by atoms with Crippen LogP contribution in [0.2, 0.25) is 0 Å². The van der Waals surface area contributed by atoms with Gasteiger partial charge in [-0.2, -0.15) is 4.57 Å². The third kappa shape index (κ3) is 6.19. The van der Waals surface area contributed by atoms with E-state index in [1.54, 1.807) is 6.92 Å². The molecule has 0 spiro atoms. The molecule has 6 aromatic rings. The van der Waals surface area contributed by atoms with Gasteiger partial charge in [0.25, 0.3) is 5.69 Å². The zero-order valence-electron chi connectivity index (χ0n) is 24.1. The molecule has 0 fully saturated rings. The standard InChI is InChI=1S/C37H33N3O3/c1-2-43-37(42)32(22-27-14-6-3-7-15-27)38-36(41)34-23-31-30-20-12-13-21-33(30)40(25-29-18-10-5-11-19-29)35(31)26-39(34)24-28-16-8-4-9-17-28/h3-21,23,26,32H,2,22,24-25H2,1H3/p+1/t32-/m0/s1. The number of rotatable bonds is 10. The number of hydrogen-bond donors (Lipinski definition) is 1. The highest BCUT2D eigenvalue weighted by molar-refractivity contribution is 6.09. The summed E-state index contributed by atoms with van der Waals surface area (Å²) in [5.41, 5.74) is 5.80. The van der Waals surface area contributed by atoms with Crippen molar-refractivity contribution in [3.63, 3.8) is 0 Å². The van der Waals surface area contributed by atoms with Gasteiger partial charge in [-0.1, -0.05) is 109 Å². The number of aromatic nitrogens is 2. The highest BCUT2D eigenvalue weighted by Crippen LogP contribution is 2.29. The third-order valence-electron chi connectivity index (χ3n) is 7.69. The lowest BCUT2D eigenvalue weighted by molar-refractivity contribution is -0.689. The van der Waals surface area contributed by atoms with E-state index in [1.165, 1.54) is 5.56 Å². The summed E-state index contributed by atoms with van der Waals surface area (Å²) in [6.45, 7) is 3.20. The molecule has 0 saturated carbocycles. The number of amides is 1. The van der Waals surface area contributed by atoms with E-state index >= 15 is 0 Å². The van der Waals surface area contributed by atoms with E-state index in [1.807, 2.05) is 77.4 Å². The summed E-state index contributed by atoms with van der Waals surface area (Å²) in [4.78, 5) is 27.1. The van der Waals surface area contributed by atoms with Crippen molar-refractivity contribution in [1.29, 1.82) is 0 Å². The second kappa shape index (κ2) is 12.7. The molecule has 214 valence electrons. The quantitative estimate of drug-likeness (QED) is 0.161. The first-order chi connectivity index (χ1) is 21.1. The lowest BCUT2D eigenvalue weighted by Gasteiger charge is -2.17. The molecule has 0 aliphatic carbocycles. The lowest BCUT2D eigenvalue weighted by Crippen LogP contribution is -2.49. The molecule has 43 heavy (non-hydrogen) atoms. The minimum atomic E-state index is -0.824. The van der Waals surface area contributed by atoms with Crippen molar-refractivity contribution >= 4 is 33.7 Å². The van der Waals surface area contributed by atoms with Crippen molar-refractivity contribution in [2.75, 3.05) is 6.61 Å². The molecule has 0 unspecified atom stereocenters. The Balaban J connectivity index is 1.46. The van der Waals surface area contributed by atoms with Gasteiger partial charge in [0.05, 0.1) is 6.61 Å². The van der Waals surface area contributed by atoms with Gasteiger partial charge in [-0.05, 0) is 24.1 Å². The average Bonchev–Trinajstić information content (AvgIpc) is 3.34. The Hall–Kier alpha value is -5.23. The Labute approximate surface area is 251 Å².